The van der Waals surface area contributed by atoms with Crippen molar-refractivity contribution in [2.45, 2.75) is 58.0 Å². The average molecular weight is 323 g/mol. The van der Waals surface area contributed by atoms with Gasteiger partial charge in [-0.15, -0.1) is 0 Å². The fourth-order valence-corrected chi connectivity index (χ4v) is 3.68. The largest absolute Gasteiger partial charge is 0.481 e. The molecule has 0 radical (unpaired) electrons. The Bertz CT molecular complexity index is 535. The molecule has 0 unspecified atom stereocenters. The zero-order chi connectivity index (χ0) is 16.4. The monoisotopic (exact) mass is 323 g/mol. The first-order chi connectivity index (χ1) is 11.0. The zero-order valence-corrected chi connectivity index (χ0v) is 14.7. The van der Waals surface area contributed by atoms with Gasteiger partial charge in [0.05, 0.1) is 31.1 Å². The van der Waals surface area contributed by atoms with Crippen LogP contribution in [0.3, 0.4) is 0 Å². The van der Waals surface area contributed by atoms with E-state index in [1.807, 2.05) is 14.0 Å². The molecule has 3 rings (SSSR count). The lowest BCUT2D eigenvalue weighted by atomic mass is 9.86. The summed E-state index contributed by atoms with van der Waals surface area (Å²) in [5, 5.41) is 7.87. The van der Waals surface area contributed by atoms with Gasteiger partial charge < -0.3 is 19.5 Å². The quantitative estimate of drug-likeness (QED) is 0.900. The van der Waals surface area contributed by atoms with Crippen molar-refractivity contribution < 1.29 is 14.2 Å². The first-order valence-electron chi connectivity index (χ1n) is 8.62. The van der Waals surface area contributed by atoms with Crippen molar-refractivity contribution in [3.05, 3.63) is 11.3 Å². The molecule has 1 aliphatic carbocycles. The highest BCUT2D eigenvalue weighted by molar-refractivity contribution is 5.30. The minimum absolute atomic E-state index is 0.131. The molecule has 2 fully saturated rings. The van der Waals surface area contributed by atoms with Crippen molar-refractivity contribution in [1.29, 1.82) is 0 Å². The van der Waals surface area contributed by atoms with E-state index < -0.39 is 0 Å². The van der Waals surface area contributed by atoms with Crippen molar-refractivity contribution in [2.75, 3.05) is 20.3 Å². The van der Waals surface area contributed by atoms with Gasteiger partial charge in [0.15, 0.2) is 5.79 Å². The first-order valence-corrected chi connectivity index (χ1v) is 8.62. The second-order valence-electron chi connectivity index (χ2n) is 6.97. The van der Waals surface area contributed by atoms with Crippen LogP contribution in [-0.4, -0.2) is 41.9 Å². The fourth-order valence-electron chi connectivity index (χ4n) is 3.68. The maximum atomic E-state index is 6.23. The lowest BCUT2D eigenvalue weighted by molar-refractivity contribution is -0.191. The van der Waals surface area contributed by atoms with Crippen LogP contribution in [0.4, 0.5) is 0 Å². The Morgan fingerprint density at radius 3 is 2.83 bits per heavy atom. The van der Waals surface area contributed by atoms with Gasteiger partial charge >= 0.3 is 0 Å². The average Bonchev–Trinajstić information content (AvgIpc) is 3.04. The normalized spacial score (nSPS) is 31.0. The Balaban J connectivity index is 1.49. The van der Waals surface area contributed by atoms with Gasteiger partial charge in [-0.3, -0.25) is 0 Å². The number of nitrogens with one attached hydrogen (secondary N) is 1. The summed E-state index contributed by atoms with van der Waals surface area (Å²) in [7, 11) is 3.58. The van der Waals surface area contributed by atoms with Crippen molar-refractivity contribution in [3.63, 3.8) is 0 Å². The van der Waals surface area contributed by atoms with Crippen LogP contribution >= 0.6 is 0 Å². The van der Waals surface area contributed by atoms with E-state index in [2.05, 4.69) is 17.3 Å². The van der Waals surface area contributed by atoms with Crippen LogP contribution in [0.1, 0.15) is 43.9 Å². The number of methoxy groups -OCH3 is 1. The Labute approximate surface area is 138 Å². The summed E-state index contributed by atoms with van der Waals surface area (Å²) in [5.74, 6) is 1.31. The third-order valence-corrected chi connectivity index (χ3v) is 5.11. The van der Waals surface area contributed by atoms with Crippen molar-refractivity contribution in [1.82, 2.24) is 15.1 Å². The molecule has 1 aromatic heterocycles. The van der Waals surface area contributed by atoms with E-state index in [1.54, 1.807) is 11.8 Å². The highest BCUT2D eigenvalue weighted by Gasteiger charge is 2.43. The summed E-state index contributed by atoms with van der Waals surface area (Å²) in [6.07, 6.45) is 4.59. The summed E-state index contributed by atoms with van der Waals surface area (Å²) in [5.41, 5.74) is 2.10. The number of hydrogen-bond acceptors (Lipinski definition) is 5. The number of hydrogen-bond donors (Lipinski definition) is 1. The topological polar surface area (TPSA) is 57.5 Å². The fraction of sp³-hybridized carbons (Fsp3) is 0.824. The maximum Gasteiger partial charge on any atom is 0.216 e. The van der Waals surface area contributed by atoms with Gasteiger partial charge in [-0.05, 0) is 25.7 Å². The highest BCUT2D eigenvalue weighted by Crippen LogP contribution is 2.39. The van der Waals surface area contributed by atoms with Gasteiger partial charge in [-0.1, -0.05) is 6.92 Å². The van der Waals surface area contributed by atoms with Gasteiger partial charge in [0, 0.05) is 33.0 Å². The minimum Gasteiger partial charge on any atom is -0.481 e. The molecular formula is C17H29N3O3. The predicted octanol–water partition coefficient (Wildman–Crippen LogP) is 2.15. The molecule has 130 valence electrons. The molecule has 1 atom stereocenters. The van der Waals surface area contributed by atoms with E-state index >= 15 is 0 Å². The van der Waals surface area contributed by atoms with Crippen LogP contribution in [0.5, 0.6) is 5.88 Å². The molecule has 6 nitrogen and oxygen atoms in total. The Hall–Kier alpha value is -1.11. The predicted molar refractivity (Wildman–Crippen MR) is 87.4 cm³/mol. The highest BCUT2D eigenvalue weighted by atomic mass is 16.7. The van der Waals surface area contributed by atoms with Crippen LogP contribution in [0.2, 0.25) is 0 Å². The Morgan fingerprint density at radius 1 is 1.39 bits per heavy atom. The van der Waals surface area contributed by atoms with Crippen LogP contribution in [0.15, 0.2) is 0 Å². The van der Waals surface area contributed by atoms with Gasteiger partial charge in [-0.25, -0.2) is 4.68 Å². The second-order valence-corrected chi connectivity index (χ2v) is 6.97. The molecule has 1 N–H and O–H groups in total. The van der Waals surface area contributed by atoms with Gasteiger partial charge in [0.1, 0.15) is 0 Å². The van der Waals surface area contributed by atoms with Gasteiger partial charge in [0.25, 0.3) is 0 Å². The third kappa shape index (κ3) is 3.54. The summed E-state index contributed by atoms with van der Waals surface area (Å²) in [6, 6.07) is 0. The Morgan fingerprint density at radius 2 is 2.13 bits per heavy atom. The first kappa shape index (κ1) is 16.7. The number of aryl methyl sites for hydroxylation is 2. The molecule has 0 amide bonds. The van der Waals surface area contributed by atoms with Crippen molar-refractivity contribution in [2.24, 2.45) is 13.0 Å². The smallest absolute Gasteiger partial charge is 0.216 e. The van der Waals surface area contributed by atoms with E-state index in [-0.39, 0.29) is 11.9 Å². The SMILES string of the molecule is COc1c(CNC[C@H]2COC3(CCC(C)CC3)O2)c(C)nn1C. The second kappa shape index (κ2) is 6.79. The van der Waals surface area contributed by atoms with Crippen LogP contribution in [-0.2, 0) is 23.1 Å². The molecule has 2 heterocycles. The molecule has 6 heteroatoms. The van der Waals surface area contributed by atoms with E-state index in [1.165, 1.54) is 12.8 Å². The number of nitrogens with zero attached hydrogens (tertiary/aromatic N) is 2. The van der Waals surface area contributed by atoms with E-state index in [9.17, 15) is 0 Å². The molecule has 1 aromatic rings. The third-order valence-electron chi connectivity index (χ3n) is 5.11. The number of ether oxygens (including phenoxy) is 3. The minimum atomic E-state index is -0.305. The molecule has 1 saturated heterocycles. The van der Waals surface area contributed by atoms with Crippen LogP contribution in [0, 0.1) is 12.8 Å². The van der Waals surface area contributed by atoms with E-state index in [0.29, 0.717) is 6.61 Å². The van der Waals surface area contributed by atoms with Gasteiger partial charge in [-0.2, -0.15) is 5.10 Å². The lowest BCUT2D eigenvalue weighted by Crippen LogP contribution is -2.37. The zero-order valence-electron chi connectivity index (χ0n) is 14.7. The summed E-state index contributed by atoms with van der Waals surface area (Å²) in [6.45, 7) is 6.52. The lowest BCUT2D eigenvalue weighted by Gasteiger charge is -2.34. The molecule has 2 aliphatic rings. The van der Waals surface area contributed by atoms with E-state index in [0.717, 1.165) is 49.0 Å². The molecule has 0 bridgehead atoms. The molecular weight excluding hydrogens is 294 g/mol. The number of aromatic nitrogens is 2. The summed E-state index contributed by atoms with van der Waals surface area (Å²) >= 11 is 0. The summed E-state index contributed by atoms with van der Waals surface area (Å²) in [4.78, 5) is 0. The Kier molecular flexibility index (Phi) is 4.94. The molecule has 23 heavy (non-hydrogen) atoms. The molecule has 0 aromatic carbocycles. The van der Waals surface area contributed by atoms with E-state index in [4.69, 9.17) is 14.2 Å². The molecule has 1 spiro atoms. The summed E-state index contributed by atoms with van der Waals surface area (Å²) < 4.78 is 19.4. The number of rotatable bonds is 5. The molecule has 1 saturated carbocycles. The standard InChI is InChI=1S/C17H29N3O3/c1-12-5-7-17(8-6-12)22-11-14(23-17)9-18-10-15-13(2)19-20(3)16(15)21-4/h12,14,18H,5-11H2,1-4H3/t12?,14-,17?/m0/s1. The maximum absolute atomic E-state index is 6.23. The van der Waals surface area contributed by atoms with Gasteiger partial charge in [0.2, 0.25) is 5.88 Å². The van der Waals surface area contributed by atoms with Crippen molar-refractivity contribution >= 4 is 0 Å². The van der Waals surface area contributed by atoms with Crippen LogP contribution < -0.4 is 10.1 Å². The van der Waals surface area contributed by atoms with Crippen molar-refractivity contribution in [3.8, 4) is 5.88 Å². The van der Waals surface area contributed by atoms with Crippen LogP contribution in [0.25, 0.3) is 0 Å². The molecule has 1 aliphatic heterocycles.